The number of hydrogen-bond donors (Lipinski definition) is 4. The average molecular weight is 194 g/mol. The van der Waals surface area contributed by atoms with Gasteiger partial charge in [-0.1, -0.05) is 33.1 Å². The Morgan fingerprint density at radius 2 is 1.00 bits per heavy atom. The third kappa shape index (κ3) is 9.76. The number of rotatable bonds is 3. The van der Waals surface area contributed by atoms with E-state index in [0.29, 0.717) is 0 Å². The molecule has 0 amide bonds. The molecule has 0 aliphatic carbocycles. The zero-order valence-corrected chi connectivity index (χ0v) is 8.91. The van der Waals surface area contributed by atoms with E-state index in [1.807, 2.05) is 0 Å². The van der Waals surface area contributed by atoms with E-state index in [9.17, 15) is 0 Å². The molecule has 0 aromatic heterocycles. The molecule has 13 heavy (non-hydrogen) atoms. The molecule has 0 radical (unpaired) electrons. The van der Waals surface area contributed by atoms with E-state index >= 15 is 0 Å². The Bertz CT molecular complexity index is 95.8. The van der Waals surface area contributed by atoms with Crippen LogP contribution in [0.25, 0.3) is 0 Å². The monoisotopic (exact) mass is 194 g/mol. The van der Waals surface area contributed by atoms with Crippen molar-refractivity contribution in [3.05, 3.63) is 0 Å². The van der Waals surface area contributed by atoms with Crippen molar-refractivity contribution in [3.8, 4) is 0 Å². The van der Waals surface area contributed by atoms with Crippen LogP contribution in [0.3, 0.4) is 0 Å². The molecule has 0 atom stereocenters. The summed E-state index contributed by atoms with van der Waals surface area (Å²) in [7, 11) is 0. The fraction of sp³-hybridized carbons (Fsp3) is 1.00. The molecule has 0 fully saturated rings. The molecule has 0 aromatic carbocycles. The molecule has 0 heterocycles. The highest BCUT2D eigenvalue weighted by Crippen LogP contribution is 2.13. The van der Waals surface area contributed by atoms with Gasteiger partial charge in [0, 0.05) is 0 Å². The fourth-order valence-corrected chi connectivity index (χ4v) is 0.354. The van der Waals surface area contributed by atoms with Gasteiger partial charge in [0.05, 0.1) is 0 Å². The zero-order chi connectivity index (χ0) is 11.1. The first-order valence-corrected chi connectivity index (χ1v) is 4.56. The largest absolute Gasteiger partial charge is 0.362 e. The minimum absolute atomic E-state index is 0.882. The van der Waals surface area contributed by atoms with Gasteiger partial charge in [-0.25, -0.2) is 0 Å². The van der Waals surface area contributed by atoms with Gasteiger partial charge in [-0.2, -0.15) is 0 Å². The molecular formula is C9H22O4. The molecule has 0 unspecified atom stereocenters. The highest BCUT2D eigenvalue weighted by atomic mass is 16.6. The topological polar surface area (TPSA) is 80.9 Å². The van der Waals surface area contributed by atoms with Crippen LogP contribution in [0.2, 0.25) is 0 Å². The van der Waals surface area contributed by atoms with Gasteiger partial charge in [-0.05, 0) is 13.8 Å². The van der Waals surface area contributed by atoms with Crippen molar-refractivity contribution in [2.24, 2.45) is 0 Å². The average Bonchev–Trinajstić information content (AvgIpc) is 1.85. The predicted octanol–water partition coefficient (Wildman–Crippen LogP) is 0.585. The maximum absolute atomic E-state index is 8.41. The van der Waals surface area contributed by atoms with Gasteiger partial charge in [-0.15, -0.1) is 0 Å². The second-order valence-electron chi connectivity index (χ2n) is 3.40. The normalized spacial score (nSPS) is 12.0. The summed E-state index contributed by atoms with van der Waals surface area (Å²) in [6.07, 6.45) is 4.08. The molecule has 4 heteroatoms. The Morgan fingerprint density at radius 1 is 0.769 bits per heavy atom. The molecule has 0 bridgehead atoms. The van der Waals surface area contributed by atoms with E-state index in [1.54, 1.807) is 0 Å². The number of aliphatic hydroxyl groups is 4. The van der Waals surface area contributed by atoms with Crippen molar-refractivity contribution in [2.75, 3.05) is 0 Å². The Morgan fingerprint density at radius 3 is 1.00 bits per heavy atom. The van der Waals surface area contributed by atoms with Crippen molar-refractivity contribution >= 4 is 0 Å². The van der Waals surface area contributed by atoms with Gasteiger partial charge >= 0.3 is 0 Å². The predicted molar refractivity (Wildman–Crippen MR) is 50.9 cm³/mol. The summed E-state index contributed by atoms with van der Waals surface area (Å²) < 4.78 is 0. The highest BCUT2D eigenvalue weighted by Gasteiger charge is 2.37. The van der Waals surface area contributed by atoms with Crippen molar-refractivity contribution in [1.82, 2.24) is 0 Å². The third-order valence-electron chi connectivity index (χ3n) is 1.60. The first-order valence-electron chi connectivity index (χ1n) is 4.56. The molecule has 0 aromatic rings. The van der Waals surface area contributed by atoms with E-state index < -0.39 is 11.6 Å². The molecule has 0 aliphatic heterocycles. The van der Waals surface area contributed by atoms with Crippen molar-refractivity contribution in [1.29, 1.82) is 0 Å². The second kappa shape index (κ2) is 6.32. The first-order chi connectivity index (χ1) is 5.66. The molecular weight excluding hydrogens is 172 g/mol. The van der Waals surface area contributed by atoms with Gasteiger partial charge in [0.25, 0.3) is 0 Å². The van der Waals surface area contributed by atoms with Crippen LogP contribution in [0.15, 0.2) is 0 Å². The molecule has 0 spiro atoms. The van der Waals surface area contributed by atoms with Gasteiger partial charge in [0.2, 0.25) is 11.6 Å². The lowest BCUT2D eigenvalue weighted by Crippen LogP contribution is -2.49. The summed E-state index contributed by atoms with van der Waals surface area (Å²) in [5.41, 5.74) is 0. The van der Waals surface area contributed by atoms with Gasteiger partial charge < -0.3 is 20.4 Å². The highest BCUT2D eigenvalue weighted by molar-refractivity contribution is 4.70. The molecule has 4 N–H and O–H groups in total. The first kappa shape index (κ1) is 15.3. The van der Waals surface area contributed by atoms with Crippen LogP contribution in [0, 0.1) is 0 Å². The summed E-state index contributed by atoms with van der Waals surface area (Å²) >= 11 is 0. The van der Waals surface area contributed by atoms with Crippen molar-refractivity contribution in [3.63, 3.8) is 0 Å². The van der Waals surface area contributed by atoms with E-state index in [1.165, 1.54) is 19.3 Å². The number of unbranched alkanes of at least 4 members (excludes halogenated alkanes) is 2. The molecule has 4 nitrogen and oxygen atoms in total. The third-order valence-corrected chi connectivity index (χ3v) is 1.60. The Hall–Kier alpha value is -0.160. The van der Waals surface area contributed by atoms with E-state index in [0.717, 1.165) is 13.8 Å². The standard InChI is InChI=1S/C5H12.C4H10O4/c1-3-5-4-2;1-3(5,6)4(2,7)8/h3-5H2,1-2H3;5-8H,1-2H3. The molecule has 0 aliphatic rings. The zero-order valence-electron chi connectivity index (χ0n) is 8.91. The van der Waals surface area contributed by atoms with E-state index in [-0.39, 0.29) is 0 Å². The van der Waals surface area contributed by atoms with Crippen LogP contribution in [0.4, 0.5) is 0 Å². The molecule has 0 saturated carbocycles. The van der Waals surface area contributed by atoms with Crippen LogP contribution in [0.1, 0.15) is 47.0 Å². The summed E-state index contributed by atoms with van der Waals surface area (Å²) in [5.74, 6) is -4.90. The maximum atomic E-state index is 8.41. The Labute approximate surface area is 79.8 Å². The Kier molecular flexibility index (Phi) is 7.44. The van der Waals surface area contributed by atoms with E-state index in [4.69, 9.17) is 20.4 Å². The van der Waals surface area contributed by atoms with Crippen molar-refractivity contribution in [2.45, 2.75) is 58.5 Å². The lowest BCUT2D eigenvalue weighted by Gasteiger charge is -2.27. The molecule has 0 rings (SSSR count). The molecule has 82 valence electrons. The quantitative estimate of drug-likeness (QED) is 0.495. The molecule has 0 saturated heterocycles. The minimum atomic E-state index is -2.45. The Balaban J connectivity index is 0. The van der Waals surface area contributed by atoms with Gasteiger partial charge in [-0.3, -0.25) is 0 Å². The van der Waals surface area contributed by atoms with Gasteiger partial charge in [0.1, 0.15) is 0 Å². The summed E-state index contributed by atoms with van der Waals surface area (Å²) in [4.78, 5) is 0. The SMILES string of the molecule is CC(O)(O)C(C)(O)O.CCCCC. The van der Waals surface area contributed by atoms with Crippen LogP contribution < -0.4 is 0 Å². The second-order valence-corrected chi connectivity index (χ2v) is 3.40. The van der Waals surface area contributed by atoms with Crippen LogP contribution in [0.5, 0.6) is 0 Å². The van der Waals surface area contributed by atoms with E-state index in [2.05, 4.69) is 13.8 Å². The maximum Gasteiger partial charge on any atom is 0.215 e. The lowest BCUT2D eigenvalue weighted by atomic mass is 10.1. The van der Waals surface area contributed by atoms with Crippen LogP contribution in [-0.2, 0) is 0 Å². The summed E-state index contributed by atoms with van der Waals surface area (Å²) in [6, 6.07) is 0. The van der Waals surface area contributed by atoms with Gasteiger partial charge in [0.15, 0.2) is 0 Å². The van der Waals surface area contributed by atoms with Crippen molar-refractivity contribution < 1.29 is 20.4 Å². The minimum Gasteiger partial charge on any atom is -0.362 e. The fourth-order valence-electron chi connectivity index (χ4n) is 0.354. The summed E-state index contributed by atoms with van der Waals surface area (Å²) in [5, 5.41) is 33.6. The smallest absolute Gasteiger partial charge is 0.215 e. The summed E-state index contributed by atoms with van der Waals surface area (Å²) in [6.45, 7) is 6.19. The van der Waals surface area contributed by atoms with Crippen LogP contribution in [-0.4, -0.2) is 32.0 Å². The number of hydrogen-bond acceptors (Lipinski definition) is 4. The lowest BCUT2D eigenvalue weighted by molar-refractivity contribution is -0.339. The van der Waals surface area contributed by atoms with Crippen LogP contribution >= 0.6 is 0 Å².